The summed E-state index contributed by atoms with van der Waals surface area (Å²) in [7, 11) is 2.48. The molecular weight excluding hydrogens is 385 g/mol. The molecule has 0 bridgehead atoms. The van der Waals surface area contributed by atoms with Gasteiger partial charge < -0.3 is 4.74 Å². The minimum absolute atomic E-state index is 0.0374. The minimum Gasteiger partial charge on any atom is -0.489 e. The maximum absolute atomic E-state index is 6.38. The highest BCUT2D eigenvalue weighted by molar-refractivity contribution is 7.48. The SMILES string of the molecule is CCC(CC)(Pc1ccccc1/C=N/C)c1cc(C)ccc1OCc1ccccc1. The molecule has 0 aliphatic heterocycles. The molecule has 0 aliphatic rings. The van der Waals surface area contributed by atoms with Crippen molar-refractivity contribution in [2.24, 2.45) is 4.99 Å². The van der Waals surface area contributed by atoms with Crippen LogP contribution in [0.1, 0.15) is 48.9 Å². The van der Waals surface area contributed by atoms with Crippen molar-refractivity contribution < 1.29 is 4.74 Å². The van der Waals surface area contributed by atoms with Crippen LogP contribution in [0.3, 0.4) is 0 Å². The van der Waals surface area contributed by atoms with Crippen LogP contribution in [0, 0.1) is 6.92 Å². The number of nitrogens with zero attached hydrogens (tertiary/aromatic N) is 1. The lowest BCUT2D eigenvalue weighted by atomic mass is 9.90. The zero-order valence-electron chi connectivity index (χ0n) is 18.5. The van der Waals surface area contributed by atoms with E-state index in [0.29, 0.717) is 15.2 Å². The molecule has 30 heavy (non-hydrogen) atoms. The fourth-order valence-corrected chi connectivity index (χ4v) is 5.55. The second-order valence-corrected chi connectivity index (χ2v) is 9.41. The number of ether oxygens (including phenoxy) is 1. The van der Waals surface area contributed by atoms with Crippen molar-refractivity contribution in [3.63, 3.8) is 0 Å². The summed E-state index contributed by atoms with van der Waals surface area (Å²) >= 11 is 0. The van der Waals surface area contributed by atoms with Gasteiger partial charge in [0.05, 0.1) is 0 Å². The Morgan fingerprint density at radius 3 is 2.33 bits per heavy atom. The highest BCUT2D eigenvalue weighted by atomic mass is 31.1. The van der Waals surface area contributed by atoms with Gasteiger partial charge in [-0.1, -0.05) is 94.7 Å². The van der Waals surface area contributed by atoms with Crippen molar-refractivity contribution in [2.75, 3.05) is 7.05 Å². The van der Waals surface area contributed by atoms with E-state index in [1.807, 2.05) is 19.3 Å². The van der Waals surface area contributed by atoms with Gasteiger partial charge in [-0.15, -0.1) is 0 Å². The molecule has 1 atom stereocenters. The van der Waals surface area contributed by atoms with Gasteiger partial charge in [-0.3, -0.25) is 4.99 Å². The molecule has 0 radical (unpaired) electrons. The molecule has 0 fully saturated rings. The Labute approximate surface area is 183 Å². The topological polar surface area (TPSA) is 21.6 Å². The molecule has 0 aliphatic carbocycles. The number of hydrogen-bond acceptors (Lipinski definition) is 2. The van der Waals surface area contributed by atoms with Gasteiger partial charge in [0.2, 0.25) is 0 Å². The largest absolute Gasteiger partial charge is 0.489 e. The highest BCUT2D eigenvalue weighted by Crippen LogP contribution is 2.50. The van der Waals surface area contributed by atoms with Crippen LogP contribution < -0.4 is 10.0 Å². The van der Waals surface area contributed by atoms with Gasteiger partial charge in [-0.05, 0) is 42.3 Å². The molecule has 3 rings (SSSR count). The van der Waals surface area contributed by atoms with Crippen LogP contribution in [0.4, 0.5) is 0 Å². The smallest absolute Gasteiger partial charge is 0.123 e. The lowest BCUT2D eigenvalue weighted by Crippen LogP contribution is -2.24. The molecule has 3 heteroatoms. The van der Waals surface area contributed by atoms with E-state index in [1.165, 1.54) is 27.6 Å². The molecule has 3 aromatic rings. The molecule has 2 nitrogen and oxygen atoms in total. The second kappa shape index (κ2) is 10.5. The first-order valence-corrected chi connectivity index (χ1v) is 11.7. The van der Waals surface area contributed by atoms with Crippen molar-refractivity contribution in [3.8, 4) is 5.75 Å². The third-order valence-corrected chi connectivity index (χ3v) is 7.88. The van der Waals surface area contributed by atoms with Crippen LogP contribution >= 0.6 is 8.58 Å². The molecule has 0 saturated carbocycles. The lowest BCUT2D eigenvalue weighted by molar-refractivity contribution is 0.298. The van der Waals surface area contributed by atoms with Crippen LogP contribution in [-0.4, -0.2) is 13.3 Å². The molecule has 0 saturated heterocycles. The average Bonchev–Trinajstić information content (AvgIpc) is 2.79. The lowest BCUT2D eigenvalue weighted by Gasteiger charge is -2.35. The Hall–Kier alpha value is -2.44. The van der Waals surface area contributed by atoms with Crippen molar-refractivity contribution in [1.29, 1.82) is 0 Å². The van der Waals surface area contributed by atoms with E-state index >= 15 is 0 Å². The van der Waals surface area contributed by atoms with E-state index in [9.17, 15) is 0 Å². The monoisotopic (exact) mass is 417 g/mol. The van der Waals surface area contributed by atoms with Crippen molar-refractivity contribution >= 4 is 20.1 Å². The summed E-state index contributed by atoms with van der Waals surface area (Å²) in [6.45, 7) is 7.36. The predicted molar refractivity (Wildman–Crippen MR) is 132 cm³/mol. The summed E-state index contributed by atoms with van der Waals surface area (Å²) in [5.74, 6) is 1.00. The summed E-state index contributed by atoms with van der Waals surface area (Å²) in [4.78, 5) is 4.27. The summed E-state index contributed by atoms with van der Waals surface area (Å²) in [5, 5.41) is 1.40. The van der Waals surface area contributed by atoms with Crippen LogP contribution in [0.2, 0.25) is 0 Å². The summed E-state index contributed by atoms with van der Waals surface area (Å²) in [6, 6.07) is 25.7. The third-order valence-electron chi connectivity index (χ3n) is 5.70. The quantitative estimate of drug-likeness (QED) is 0.282. The fraction of sp³-hybridized carbons (Fsp3) is 0.296. The average molecular weight is 418 g/mol. The summed E-state index contributed by atoms with van der Waals surface area (Å²) in [5.41, 5.74) is 5.00. The first-order valence-electron chi connectivity index (χ1n) is 10.7. The maximum atomic E-state index is 6.38. The van der Waals surface area contributed by atoms with Gasteiger partial charge in [0.1, 0.15) is 12.4 Å². The second-order valence-electron chi connectivity index (χ2n) is 7.66. The Morgan fingerprint density at radius 1 is 0.933 bits per heavy atom. The summed E-state index contributed by atoms with van der Waals surface area (Å²) in [6.07, 6.45) is 4.09. The molecule has 0 amide bonds. The van der Waals surface area contributed by atoms with Gasteiger partial charge in [0.15, 0.2) is 0 Å². The maximum Gasteiger partial charge on any atom is 0.123 e. The van der Waals surface area contributed by atoms with Gasteiger partial charge in [0, 0.05) is 24.0 Å². The number of benzene rings is 3. The van der Waals surface area contributed by atoms with Crippen LogP contribution in [0.25, 0.3) is 0 Å². The number of rotatable bonds is 9. The van der Waals surface area contributed by atoms with Crippen molar-refractivity contribution in [2.45, 2.75) is 45.4 Å². The zero-order valence-corrected chi connectivity index (χ0v) is 19.5. The summed E-state index contributed by atoms with van der Waals surface area (Å²) < 4.78 is 6.38. The number of hydrogen-bond donors (Lipinski definition) is 0. The normalized spacial score (nSPS) is 12.1. The van der Waals surface area contributed by atoms with E-state index in [2.05, 4.69) is 92.5 Å². The molecule has 156 valence electrons. The van der Waals surface area contributed by atoms with E-state index in [1.54, 1.807) is 0 Å². The van der Waals surface area contributed by atoms with E-state index in [4.69, 9.17) is 4.74 Å². The zero-order chi connectivity index (χ0) is 21.4. The first kappa shape index (κ1) is 22.2. The van der Waals surface area contributed by atoms with Crippen LogP contribution in [0.15, 0.2) is 77.8 Å². The fourth-order valence-electron chi connectivity index (χ4n) is 3.87. The molecule has 1 unspecified atom stereocenters. The van der Waals surface area contributed by atoms with Crippen LogP contribution in [0.5, 0.6) is 5.75 Å². The molecule has 0 N–H and O–H groups in total. The minimum atomic E-state index is 0.0374. The standard InChI is InChI=1S/C27H32NOP/c1-5-27(6-2,30-26-15-11-10-14-23(26)19-28-4)24-18-21(3)16-17-25(24)29-20-22-12-8-7-9-13-22/h7-19,30H,5-6,20H2,1-4H3/b28-19+. The Morgan fingerprint density at radius 2 is 1.63 bits per heavy atom. The molecule has 0 spiro atoms. The molecular formula is C27H32NOP. The predicted octanol–water partition coefficient (Wildman–Crippen LogP) is 6.64. The van der Waals surface area contributed by atoms with Gasteiger partial charge in [-0.25, -0.2) is 0 Å². The first-order chi connectivity index (χ1) is 14.6. The number of aryl methyl sites for hydroxylation is 1. The Kier molecular flexibility index (Phi) is 7.82. The van der Waals surface area contributed by atoms with Gasteiger partial charge >= 0.3 is 0 Å². The number of aliphatic imine (C=N–C) groups is 1. The van der Waals surface area contributed by atoms with Crippen molar-refractivity contribution in [1.82, 2.24) is 0 Å². The van der Waals surface area contributed by atoms with Crippen LogP contribution in [-0.2, 0) is 11.8 Å². The molecule has 0 aromatic heterocycles. The van der Waals surface area contributed by atoms with Gasteiger partial charge in [0.25, 0.3) is 0 Å². The Balaban J connectivity index is 1.99. The Bertz CT molecular complexity index is 977. The third kappa shape index (κ3) is 5.18. The van der Waals surface area contributed by atoms with Crippen molar-refractivity contribution in [3.05, 3.63) is 95.1 Å². The molecule has 0 heterocycles. The van der Waals surface area contributed by atoms with E-state index in [0.717, 1.165) is 18.6 Å². The highest BCUT2D eigenvalue weighted by Gasteiger charge is 2.32. The van der Waals surface area contributed by atoms with E-state index in [-0.39, 0.29) is 5.16 Å². The van der Waals surface area contributed by atoms with Gasteiger partial charge in [-0.2, -0.15) is 0 Å². The van der Waals surface area contributed by atoms with E-state index < -0.39 is 0 Å². The molecule has 3 aromatic carbocycles.